The van der Waals surface area contributed by atoms with Crippen LogP contribution in [0.25, 0.3) is 11.3 Å². The van der Waals surface area contributed by atoms with Crippen LogP contribution in [0.3, 0.4) is 0 Å². The van der Waals surface area contributed by atoms with Gasteiger partial charge in [0.1, 0.15) is 23.8 Å². The maximum Gasteiger partial charge on any atom is 0.188 e. The van der Waals surface area contributed by atoms with E-state index in [4.69, 9.17) is 10.00 Å². The number of anilines is 2. The van der Waals surface area contributed by atoms with E-state index < -0.39 is 0 Å². The third-order valence-corrected chi connectivity index (χ3v) is 4.01. The predicted octanol–water partition coefficient (Wildman–Crippen LogP) is 4.64. The van der Waals surface area contributed by atoms with Crippen molar-refractivity contribution in [3.8, 4) is 23.1 Å². The van der Waals surface area contributed by atoms with Crippen molar-refractivity contribution in [2.75, 3.05) is 11.9 Å². The zero-order valence-corrected chi connectivity index (χ0v) is 15.4. The molecule has 6 heteroatoms. The number of aromatic nitrogens is 3. The Bertz CT molecular complexity index is 930. The molecule has 0 spiro atoms. The van der Waals surface area contributed by atoms with E-state index in [0.29, 0.717) is 23.9 Å². The number of hydrogen-bond donors (Lipinski definition) is 1. The molecular formula is C21H21N5O. The van der Waals surface area contributed by atoms with Crippen LogP contribution >= 0.6 is 0 Å². The Kier molecular flexibility index (Phi) is 5.95. The SMILES string of the molecule is CCCCOc1c(Nc2ccc(C#N)nc2)ncnc1-c1ccc(C)cc1. The predicted molar refractivity (Wildman–Crippen MR) is 105 cm³/mol. The number of ether oxygens (including phenoxy) is 1. The first-order valence-electron chi connectivity index (χ1n) is 8.89. The van der Waals surface area contributed by atoms with Crippen molar-refractivity contribution in [2.24, 2.45) is 0 Å². The lowest BCUT2D eigenvalue weighted by Crippen LogP contribution is -2.05. The summed E-state index contributed by atoms with van der Waals surface area (Å²) >= 11 is 0. The largest absolute Gasteiger partial charge is 0.488 e. The van der Waals surface area contributed by atoms with E-state index in [1.807, 2.05) is 37.3 Å². The Labute approximate surface area is 158 Å². The molecule has 0 aliphatic carbocycles. The minimum absolute atomic E-state index is 0.364. The summed E-state index contributed by atoms with van der Waals surface area (Å²) in [5.74, 6) is 1.18. The average molecular weight is 359 g/mol. The van der Waals surface area contributed by atoms with Gasteiger partial charge >= 0.3 is 0 Å². The highest BCUT2D eigenvalue weighted by atomic mass is 16.5. The molecule has 27 heavy (non-hydrogen) atoms. The molecule has 0 fully saturated rings. The average Bonchev–Trinajstić information content (AvgIpc) is 2.70. The maximum atomic E-state index is 8.89. The van der Waals surface area contributed by atoms with Crippen molar-refractivity contribution in [1.82, 2.24) is 15.0 Å². The summed E-state index contributed by atoms with van der Waals surface area (Å²) in [4.78, 5) is 12.9. The van der Waals surface area contributed by atoms with E-state index in [2.05, 4.69) is 27.2 Å². The number of nitrogens with one attached hydrogen (secondary N) is 1. The summed E-state index contributed by atoms with van der Waals surface area (Å²) in [6.07, 6.45) is 5.10. The first-order chi connectivity index (χ1) is 13.2. The smallest absolute Gasteiger partial charge is 0.188 e. The van der Waals surface area contributed by atoms with Gasteiger partial charge in [0.15, 0.2) is 11.6 Å². The molecule has 2 heterocycles. The number of nitrogens with zero attached hydrogens (tertiary/aromatic N) is 4. The number of benzene rings is 1. The Morgan fingerprint density at radius 2 is 1.89 bits per heavy atom. The summed E-state index contributed by atoms with van der Waals surface area (Å²) in [6, 6.07) is 13.6. The van der Waals surface area contributed by atoms with Crippen LogP contribution < -0.4 is 10.1 Å². The highest BCUT2D eigenvalue weighted by Crippen LogP contribution is 2.35. The second-order valence-electron chi connectivity index (χ2n) is 6.14. The number of rotatable bonds is 7. The van der Waals surface area contributed by atoms with Crippen molar-refractivity contribution < 1.29 is 4.74 Å². The highest BCUT2D eigenvalue weighted by molar-refractivity contribution is 5.75. The van der Waals surface area contributed by atoms with E-state index in [0.717, 1.165) is 29.8 Å². The molecule has 0 saturated carbocycles. The van der Waals surface area contributed by atoms with Crippen molar-refractivity contribution in [3.05, 3.63) is 60.2 Å². The first kappa shape index (κ1) is 18.3. The fourth-order valence-corrected chi connectivity index (χ4v) is 2.51. The molecule has 0 saturated heterocycles. The molecule has 6 nitrogen and oxygen atoms in total. The normalized spacial score (nSPS) is 10.3. The number of hydrogen-bond acceptors (Lipinski definition) is 6. The topological polar surface area (TPSA) is 83.7 Å². The molecule has 3 rings (SSSR count). The second-order valence-corrected chi connectivity index (χ2v) is 6.14. The van der Waals surface area contributed by atoms with Crippen LogP contribution in [0, 0.1) is 18.3 Å². The van der Waals surface area contributed by atoms with E-state index in [9.17, 15) is 0 Å². The van der Waals surface area contributed by atoms with Gasteiger partial charge in [-0.2, -0.15) is 5.26 Å². The van der Waals surface area contributed by atoms with Gasteiger partial charge in [-0.1, -0.05) is 43.2 Å². The number of nitriles is 1. The van der Waals surface area contributed by atoms with Gasteiger partial charge in [0.25, 0.3) is 0 Å². The van der Waals surface area contributed by atoms with E-state index >= 15 is 0 Å². The van der Waals surface area contributed by atoms with Crippen LogP contribution in [0.1, 0.15) is 31.0 Å². The molecule has 0 radical (unpaired) electrons. The molecule has 0 aliphatic rings. The lowest BCUT2D eigenvalue weighted by molar-refractivity contribution is 0.310. The van der Waals surface area contributed by atoms with Crippen molar-refractivity contribution in [2.45, 2.75) is 26.7 Å². The highest BCUT2D eigenvalue weighted by Gasteiger charge is 2.15. The summed E-state index contributed by atoms with van der Waals surface area (Å²) < 4.78 is 6.05. The zero-order chi connectivity index (χ0) is 19.1. The van der Waals surface area contributed by atoms with Gasteiger partial charge in [0.05, 0.1) is 18.5 Å². The Morgan fingerprint density at radius 1 is 1.07 bits per heavy atom. The quantitative estimate of drug-likeness (QED) is 0.619. The number of unbranched alkanes of at least 4 members (excludes halogenated alkanes) is 1. The fourth-order valence-electron chi connectivity index (χ4n) is 2.51. The third kappa shape index (κ3) is 4.59. The standard InChI is InChI=1S/C21H21N5O/c1-3-4-11-27-20-19(16-7-5-15(2)6-8-16)24-14-25-21(20)26-18-10-9-17(12-22)23-13-18/h5-10,13-14H,3-4,11H2,1-2H3,(H,24,25,26). The van der Waals surface area contributed by atoms with E-state index in [-0.39, 0.29) is 0 Å². The minimum Gasteiger partial charge on any atom is -0.488 e. The van der Waals surface area contributed by atoms with Crippen LogP contribution in [0.2, 0.25) is 0 Å². The van der Waals surface area contributed by atoms with Crippen LogP contribution in [0.5, 0.6) is 5.75 Å². The van der Waals surface area contributed by atoms with Crippen LogP contribution in [0.4, 0.5) is 11.5 Å². The van der Waals surface area contributed by atoms with Gasteiger partial charge in [-0.3, -0.25) is 0 Å². The minimum atomic E-state index is 0.364. The van der Waals surface area contributed by atoms with Gasteiger partial charge in [-0.05, 0) is 25.5 Å². The van der Waals surface area contributed by atoms with Gasteiger partial charge in [-0.25, -0.2) is 15.0 Å². The van der Waals surface area contributed by atoms with E-state index in [1.165, 1.54) is 11.9 Å². The van der Waals surface area contributed by atoms with Gasteiger partial charge < -0.3 is 10.1 Å². The Hall–Kier alpha value is -3.46. The monoisotopic (exact) mass is 359 g/mol. The molecule has 1 aromatic carbocycles. The number of aryl methyl sites for hydroxylation is 1. The maximum absolute atomic E-state index is 8.89. The molecule has 0 bridgehead atoms. The zero-order valence-electron chi connectivity index (χ0n) is 15.4. The summed E-state index contributed by atoms with van der Waals surface area (Å²) in [5, 5.41) is 12.1. The molecular weight excluding hydrogens is 338 g/mol. The fraction of sp³-hybridized carbons (Fsp3) is 0.238. The molecule has 0 aliphatic heterocycles. The lowest BCUT2D eigenvalue weighted by Gasteiger charge is -2.15. The molecule has 0 unspecified atom stereocenters. The van der Waals surface area contributed by atoms with Crippen LogP contribution in [0.15, 0.2) is 48.9 Å². The molecule has 0 atom stereocenters. The first-order valence-corrected chi connectivity index (χ1v) is 8.89. The van der Waals surface area contributed by atoms with Gasteiger partial charge in [0.2, 0.25) is 0 Å². The van der Waals surface area contributed by atoms with Crippen LogP contribution in [-0.2, 0) is 0 Å². The molecule has 136 valence electrons. The van der Waals surface area contributed by atoms with Crippen LogP contribution in [-0.4, -0.2) is 21.6 Å². The summed E-state index contributed by atoms with van der Waals surface area (Å²) in [7, 11) is 0. The van der Waals surface area contributed by atoms with Crippen molar-refractivity contribution in [1.29, 1.82) is 5.26 Å². The van der Waals surface area contributed by atoms with E-state index in [1.54, 1.807) is 18.3 Å². The van der Waals surface area contributed by atoms with Crippen molar-refractivity contribution in [3.63, 3.8) is 0 Å². The Balaban J connectivity index is 1.97. The molecule has 2 aromatic heterocycles. The van der Waals surface area contributed by atoms with Crippen molar-refractivity contribution >= 4 is 11.5 Å². The molecule has 3 aromatic rings. The lowest BCUT2D eigenvalue weighted by atomic mass is 10.1. The molecule has 0 amide bonds. The molecule has 1 N–H and O–H groups in total. The Morgan fingerprint density at radius 3 is 2.56 bits per heavy atom. The second kappa shape index (κ2) is 8.77. The summed E-state index contributed by atoms with van der Waals surface area (Å²) in [6.45, 7) is 4.75. The van der Waals surface area contributed by atoms with Gasteiger partial charge in [-0.15, -0.1) is 0 Å². The summed E-state index contributed by atoms with van der Waals surface area (Å²) in [5.41, 5.74) is 3.98. The third-order valence-electron chi connectivity index (χ3n) is 4.01. The number of pyridine rings is 1. The van der Waals surface area contributed by atoms with Gasteiger partial charge in [0, 0.05) is 5.56 Å².